The van der Waals surface area contributed by atoms with E-state index in [4.69, 9.17) is 9.84 Å². The number of hydrogen-bond donors (Lipinski definition) is 1. The largest absolute Gasteiger partial charge is 0.481 e. The van der Waals surface area contributed by atoms with E-state index in [9.17, 15) is 9.59 Å². The lowest BCUT2D eigenvalue weighted by Crippen LogP contribution is -2.20. The van der Waals surface area contributed by atoms with Crippen molar-refractivity contribution in [3.8, 4) is 11.6 Å². The summed E-state index contributed by atoms with van der Waals surface area (Å²) >= 11 is 0. The topological polar surface area (TPSA) is 81.4 Å². The van der Waals surface area contributed by atoms with Crippen molar-refractivity contribution in [3.63, 3.8) is 0 Å². The molecule has 104 valence electrons. The first kappa shape index (κ1) is 13.8. The number of ether oxygens (including phenoxy) is 1. The van der Waals surface area contributed by atoms with Crippen LogP contribution in [0.1, 0.15) is 12.5 Å². The van der Waals surface area contributed by atoms with Crippen molar-refractivity contribution >= 4 is 5.97 Å². The minimum absolute atomic E-state index is 0.0261. The third-order valence-corrected chi connectivity index (χ3v) is 2.69. The molecule has 1 heterocycles. The van der Waals surface area contributed by atoms with E-state index < -0.39 is 5.97 Å². The van der Waals surface area contributed by atoms with E-state index in [0.29, 0.717) is 17.9 Å². The fraction of sp³-hybridized carbons (Fsp3) is 0.214. The van der Waals surface area contributed by atoms with Gasteiger partial charge in [0.05, 0.1) is 6.42 Å². The lowest BCUT2D eigenvalue weighted by molar-refractivity contribution is -0.136. The van der Waals surface area contributed by atoms with Crippen LogP contribution in [-0.2, 0) is 17.8 Å². The van der Waals surface area contributed by atoms with Gasteiger partial charge in [0.2, 0.25) is 0 Å². The highest BCUT2D eigenvalue weighted by molar-refractivity contribution is 5.70. The van der Waals surface area contributed by atoms with Gasteiger partial charge in [0.15, 0.2) is 0 Å². The highest BCUT2D eigenvalue weighted by Gasteiger charge is 2.08. The lowest BCUT2D eigenvalue weighted by atomic mass is 10.1. The van der Waals surface area contributed by atoms with Crippen LogP contribution in [0.3, 0.4) is 0 Å². The van der Waals surface area contributed by atoms with E-state index in [1.807, 2.05) is 6.92 Å². The average molecular weight is 274 g/mol. The zero-order valence-corrected chi connectivity index (χ0v) is 10.9. The van der Waals surface area contributed by atoms with Gasteiger partial charge >= 0.3 is 11.5 Å². The van der Waals surface area contributed by atoms with E-state index in [0.717, 1.165) is 0 Å². The van der Waals surface area contributed by atoms with Gasteiger partial charge < -0.3 is 14.4 Å². The Bertz CT molecular complexity index is 679. The van der Waals surface area contributed by atoms with Crippen LogP contribution in [0, 0.1) is 0 Å². The molecule has 1 aromatic carbocycles. The summed E-state index contributed by atoms with van der Waals surface area (Å²) in [6.07, 6.45) is 2.97. The molecule has 0 spiro atoms. The van der Waals surface area contributed by atoms with Gasteiger partial charge in [-0.05, 0) is 24.6 Å². The minimum atomic E-state index is -0.923. The molecule has 20 heavy (non-hydrogen) atoms. The van der Waals surface area contributed by atoms with Crippen LogP contribution in [-0.4, -0.2) is 20.6 Å². The lowest BCUT2D eigenvalue weighted by Gasteiger charge is -2.07. The Hall–Kier alpha value is -2.63. The average Bonchev–Trinajstić information content (AvgIpc) is 2.41. The molecule has 1 N–H and O–H groups in total. The molecular formula is C14H14N2O4. The Morgan fingerprint density at radius 3 is 2.95 bits per heavy atom. The Balaban J connectivity index is 2.26. The van der Waals surface area contributed by atoms with Crippen molar-refractivity contribution in [3.05, 3.63) is 52.6 Å². The Morgan fingerprint density at radius 2 is 2.25 bits per heavy atom. The van der Waals surface area contributed by atoms with Crippen LogP contribution < -0.4 is 10.3 Å². The number of benzene rings is 1. The number of aromatic nitrogens is 2. The predicted octanol–water partition coefficient (Wildman–Crippen LogP) is 1.68. The van der Waals surface area contributed by atoms with Gasteiger partial charge in [-0.25, -0.2) is 4.98 Å². The highest BCUT2D eigenvalue weighted by Crippen LogP contribution is 2.18. The van der Waals surface area contributed by atoms with Crippen molar-refractivity contribution in [1.29, 1.82) is 0 Å². The number of carbonyl (C=O) groups is 1. The number of aryl methyl sites for hydroxylation is 1. The monoisotopic (exact) mass is 274 g/mol. The van der Waals surface area contributed by atoms with Crippen LogP contribution in [0.15, 0.2) is 41.5 Å². The first-order chi connectivity index (χ1) is 9.60. The molecule has 0 saturated heterocycles. The Kier molecular flexibility index (Phi) is 4.14. The molecule has 6 heteroatoms. The van der Waals surface area contributed by atoms with E-state index >= 15 is 0 Å². The molecule has 0 atom stereocenters. The first-order valence-electron chi connectivity index (χ1n) is 6.14. The number of carboxylic acids is 1. The number of nitrogens with zero attached hydrogens (tertiary/aromatic N) is 2. The molecule has 0 bridgehead atoms. The fourth-order valence-electron chi connectivity index (χ4n) is 1.75. The second kappa shape index (κ2) is 6.01. The van der Waals surface area contributed by atoms with Gasteiger partial charge in [-0.3, -0.25) is 9.59 Å². The SMILES string of the molecule is CCn1ccnc(Oc2cccc(CC(=O)O)c2)c1=O. The van der Waals surface area contributed by atoms with Gasteiger partial charge in [-0.15, -0.1) is 0 Å². The van der Waals surface area contributed by atoms with Crippen molar-refractivity contribution in [1.82, 2.24) is 9.55 Å². The van der Waals surface area contributed by atoms with Crippen LogP contribution in [0.25, 0.3) is 0 Å². The molecule has 0 unspecified atom stereocenters. The highest BCUT2D eigenvalue weighted by atomic mass is 16.5. The molecule has 2 aromatic rings. The third kappa shape index (κ3) is 3.23. The maximum absolute atomic E-state index is 11.9. The second-order valence-corrected chi connectivity index (χ2v) is 4.14. The predicted molar refractivity (Wildman–Crippen MR) is 72.0 cm³/mol. The molecule has 2 rings (SSSR count). The van der Waals surface area contributed by atoms with Gasteiger partial charge in [-0.1, -0.05) is 12.1 Å². The van der Waals surface area contributed by atoms with Crippen LogP contribution >= 0.6 is 0 Å². The van der Waals surface area contributed by atoms with Gasteiger partial charge in [0, 0.05) is 18.9 Å². The number of hydrogen-bond acceptors (Lipinski definition) is 4. The quantitative estimate of drug-likeness (QED) is 0.897. The molecule has 0 saturated carbocycles. The molecule has 0 aliphatic rings. The van der Waals surface area contributed by atoms with Crippen molar-refractivity contribution < 1.29 is 14.6 Å². The number of aliphatic carboxylic acids is 1. The van der Waals surface area contributed by atoms with Crippen LogP contribution in [0.5, 0.6) is 11.6 Å². The minimum Gasteiger partial charge on any atom is -0.481 e. The van der Waals surface area contributed by atoms with Gasteiger partial charge in [-0.2, -0.15) is 0 Å². The fourth-order valence-corrected chi connectivity index (χ4v) is 1.75. The molecule has 0 aliphatic heterocycles. The summed E-state index contributed by atoms with van der Waals surface area (Å²) in [6, 6.07) is 6.59. The first-order valence-corrected chi connectivity index (χ1v) is 6.14. The van der Waals surface area contributed by atoms with Crippen molar-refractivity contribution in [2.24, 2.45) is 0 Å². The number of carboxylic acid groups (broad SMARTS) is 1. The standard InChI is InChI=1S/C14H14N2O4/c1-2-16-7-6-15-13(14(16)19)20-11-5-3-4-10(8-11)9-12(17)18/h3-8H,2,9H2,1H3,(H,17,18). The summed E-state index contributed by atoms with van der Waals surface area (Å²) in [5.41, 5.74) is 0.278. The summed E-state index contributed by atoms with van der Waals surface area (Å²) in [7, 11) is 0. The zero-order chi connectivity index (χ0) is 14.5. The zero-order valence-electron chi connectivity index (χ0n) is 10.9. The van der Waals surface area contributed by atoms with Crippen LogP contribution in [0.2, 0.25) is 0 Å². The normalized spacial score (nSPS) is 10.2. The summed E-state index contributed by atoms with van der Waals surface area (Å²) in [5.74, 6) is -0.558. The van der Waals surface area contributed by atoms with Crippen molar-refractivity contribution in [2.75, 3.05) is 0 Å². The molecule has 0 aliphatic carbocycles. The Labute approximate surface area is 115 Å². The Morgan fingerprint density at radius 1 is 1.45 bits per heavy atom. The van der Waals surface area contributed by atoms with Crippen LogP contribution in [0.4, 0.5) is 0 Å². The molecule has 0 fully saturated rings. The van der Waals surface area contributed by atoms with E-state index in [-0.39, 0.29) is 17.9 Å². The maximum atomic E-state index is 11.9. The maximum Gasteiger partial charge on any atom is 0.313 e. The smallest absolute Gasteiger partial charge is 0.313 e. The van der Waals surface area contributed by atoms with E-state index in [1.165, 1.54) is 10.8 Å². The second-order valence-electron chi connectivity index (χ2n) is 4.14. The third-order valence-electron chi connectivity index (χ3n) is 2.69. The summed E-state index contributed by atoms with van der Waals surface area (Å²) in [5, 5.41) is 8.75. The molecule has 0 amide bonds. The summed E-state index contributed by atoms with van der Waals surface area (Å²) < 4.78 is 6.91. The van der Waals surface area contributed by atoms with E-state index in [1.54, 1.807) is 30.5 Å². The van der Waals surface area contributed by atoms with Gasteiger partial charge in [0.1, 0.15) is 5.75 Å². The summed E-state index contributed by atoms with van der Waals surface area (Å²) in [6.45, 7) is 2.37. The van der Waals surface area contributed by atoms with Gasteiger partial charge in [0.25, 0.3) is 5.88 Å². The summed E-state index contributed by atoms with van der Waals surface area (Å²) in [4.78, 5) is 26.5. The van der Waals surface area contributed by atoms with E-state index in [2.05, 4.69) is 4.98 Å². The number of rotatable bonds is 5. The van der Waals surface area contributed by atoms with Crippen molar-refractivity contribution in [2.45, 2.75) is 19.9 Å². The molecule has 6 nitrogen and oxygen atoms in total. The molecular weight excluding hydrogens is 260 g/mol. The molecule has 1 aromatic heterocycles. The molecule has 0 radical (unpaired) electrons.